The van der Waals surface area contributed by atoms with Crippen molar-refractivity contribution in [3.8, 4) is 5.75 Å². The van der Waals surface area contributed by atoms with E-state index in [-0.39, 0.29) is 28.8 Å². The van der Waals surface area contributed by atoms with Crippen LogP contribution in [0.5, 0.6) is 5.75 Å². The molecule has 18 heavy (non-hydrogen) atoms. The Morgan fingerprint density at radius 2 is 2.06 bits per heavy atom. The SMILES string of the molecule is COc1c(Cl)ncn(Cc2ccc(F)cc2)c1=O. The Balaban J connectivity index is 2.35. The Kier molecular flexibility index (Phi) is 3.62. The predicted molar refractivity (Wildman–Crippen MR) is 65.6 cm³/mol. The summed E-state index contributed by atoms with van der Waals surface area (Å²) in [4.78, 5) is 15.8. The number of nitrogens with zero attached hydrogens (tertiary/aromatic N) is 2. The lowest BCUT2D eigenvalue weighted by atomic mass is 10.2. The number of aromatic nitrogens is 2. The summed E-state index contributed by atoms with van der Waals surface area (Å²) >= 11 is 5.73. The maximum Gasteiger partial charge on any atom is 0.297 e. The second-order valence-electron chi connectivity index (χ2n) is 3.63. The van der Waals surface area contributed by atoms with Gasteiger partial charge in [-0.05, 0) is 17.7 Å². The van der Waals surface area contributed by atoms with E-state index < -0.39 is 0 Å². The molecule has 1 aromatic carbocycles. The van der Waals surface area contributed by atoms with Gasteiger partial charge in [0.05, 0.1) is 20.0 Å². The minimum atomic E-state index is -0.373. The van der Waals surface area contributed by atoms with Crippen LogP contribution in [0.1, 0.15) is 5.56 Å². The molecule has 0 bridgehead atoms. The molecule has 6 heteroatoms. The fourth-order valence-corrected chi connectivity index (χ4v) is 1.72. The zero-order valence-electron chi connectivity index (χ0n) is 9.56. The Bertz CT molecular complexity index is 610. The highest BCUT2D eigenvalue weighted by Gasteiger charge is 2.10. The van der Waals surface area contributed by atoms with Crippen LogP contribution < -0.4 is 10.3 Å². The molecular formula is C12H10ClFN2O2. The second kappa shape index (κ2) is 5.18. The largest absolute Gasteiger partial charge is 0.489 e. The molecule has 0 unspecified atom stereocenters. The summed E-state index contributed by atoms with van der Waals surface area (Å²) < 4.78 is 19.0. The molecule has 4 nitrogen and oxygen atoms in total. The summed E-state index contributed by atoms with van der Waals surface area (Å²) in [5.41, 5.74) is 0.409. The van der Waals surface area contributed by atoms with Gasteiger partial charge in [0.15, 0.2) is 5.15 Å². The van der Waals surface area contributed by atoms with Crippen LogP contribution in [0.25, 0.3) is 0 Å². The normalized spacial score (nSPS) is 10.4. The molecule has 0 radical (unpaired) electrons. The van der Waals surface area contributed by atoms with E-state index in [1.54, 1.807) is 12.1 Å². The number of ether oxygens (including phenoxy) is 1. The van der Waals surface area contributed by atoms with Crippen LogP contribution >= 0.6 is 11.6 Å². The molecule has 2 rings (SSSR count). The lowest BCUT2D eigenvalue weighted by molar-refractivity contribution is 0.401. The Morgan fingerprint density at radius 1 is 1.39 bits per heavy atom. The van der Waals surface area contributed by atoms with Gasteiger partial charge in [-0.25, -0.2) is 9.37 Å². The molecule has 0 aliphatic heterocycles. The molecule has 1 heterocycles. The molecule has 0 spiro atoms. The van der Waals surface area contributed by atoms with Gasteiger partial charge in [-0.3, -0.25) is 9.36 Å². The molecule has 1 aromatic heterocycles. The van der Waals surface area contributed by atoms with Crippen LogP contribution in [0.2, 0.25) is 5.15 Å². The van der Waals surface area contributed by atoms with E-state index in [4.69, 9.17) is 16.3 Å². The number of hydrogen-bond donors (Lipinski definition) is 0. The standard InChI is InChI=1S/C12H10ClFN2O2/c1-18-10-11(13)15-7-16(12(10)17)6-8-2-4-9(14)5-3-8/h2-5,7H,6H2,1H3. The van der Waals surface area contributed by atoms with Gasteiger partial charge in [-0.15, -0.1) is 0 Å². The third-order valence-electron chi connectivity index (χ3n) is 2.42. The molecule has 0 saturated heterocycles. The average Bonchev–Trinajstić information content (AvgIpc) is 2.36. The van der Waals surface area contributed by atoms with Crippen LogP contribution in [0.15, 0.2) is 35.4 Å². The summed E-state index contributed by atoms with van der Waals surface area (Å²) in [5, 5.41) is 0.0258. The first-order valence-corrected chi connectivity index (χ1v) is 5.53. The lowest BCUT2D eigenvalue weighted by Gasteiger charge is -2.08. The predicted octanol–water partition coefficient (Wildman–Crippen LogP) is 2.09. The highest BCUT2D eigenvalue weighted by atomic mass is 35.5. The molecule has 0 atom stereocenters. The maximum atomic E-state index is 12.8. The fraction of sp³-hybridized carbons (Fsp3) is 0.167. The van der Waals surface area contributed by atoms with Crippen molar-refractivity contribution in [2.45, 2.75) is 6.54 Å². The molecule has 2 aromatic rings. The van der Waals surface area contributed by atoms with Crippen molar-refractivity contribution < 1.29 is 9.13 Å². The van der Waals surface area contributed by atoms with Gasteiger partial charge in [-0.1, -0.05) is 23.7 Å². The van der Waals surface area contributed by atoms with Crippen LogP contribution in [0, 0.1) is 5.82 Å². The maximum absolute atomic E-state index is 12.8. The molecule has 0 saturated carbocycles. The van der Waals surface area contributed by atoms with Crippen molar-refractivity contribution in [3.63, 3.8) is 0 Å². The Hall–Kier alpha value is -1.88. The number of benzene rings is 1. The van der Waals surface area contributed by atoms with Gasteiger partial charge < -0.3 is 4.74 Å². The van der Waals surface area contributed by atoms with Gasteiger partial charge in [0.1, 0.15) is 5.82 Å². The number of hydrogen-bond acceptors (Lipinski definition) is 3. The third-order valence-corrected chi connectivity index (χ3v) is 2.69. The first-order valence-electron chi connectivity index (χ1n) is 5.15. The van der Waals surface area contributed by atoms with E-state index in [9.17, 15) is 9.18 Å². The van der Waals surface area contributed by atoms with Crippen LogP contribution in [0.3, 0.4) is 0 Å². The van der Waals surface area contributed by atoms with E-state index in [1.165, 1.54) is 30.1 Å². The molecule has 0 N–H and O–H groups in total. The summed E-state index contributed by atoms with van der Waals surface area (Å²) in [6.07, 6.45) is 1.33. The summed E-state index contributed by atoms with van der Waals surface area (Å²) in [6.45, 7) is 0.277. The first kappa shape index (κ1) is 12.6. The highest BCUT2D eigenvalue weighted by Crippen LogP contribution is 2.15. The van der Waals surface area contributed by atoms with Crippen molar-refractivity contribution in [1.29, 1.82) is 0 Å². The van der Waals surface area contributed by atoms with Gasteiger partial charge in [0, 0.05) is 0 Å². The zero-order chi connectivity index (χ0) is 13.1. The van der Waals surface area contributed by atoms with Crippen molar-refractivity contribution >= 4 is 11.6 Å². The fourth-order valence-electron chi connectivity index (χ4n) is 1.52. The number of rotatable bonds is 3. The smallest absolute Gasteiger partial charge is 0.297 e. The first-order chi connectivity index (χ1) is 8.61. The highest BCUT2D eigenvalue weighted by molar-refractivity contribution is 6.30. The number of methoxy groups -OCH3 is 1. The van der Waals surface area contributed by atoms with Crippen LogP contribution in [0.4, 0.5) is 4.39 Å². The lowest BCUT2D eigenvalue weighted by Crippen LogP contribution is -2.22. The molecule has 0 amide bonds. The second-order valence-corrected chi connectivity index (χ2v) is 3.99. The Labute approximate surface area is 108 Å². The van der Waals surface area contributed by atoms with Crippen molar-refractivity contribution in [1.82, 2.24) is 9.55 Å². The van der Waals surface area contributed by atoms with Crippen LogP contribution in [-0.4, -0.2) is 16.7 Å². The molecule has 0 aliphatic rings. The molecule has 0 aliphatic carbocycles. The van der Waals surface area contributed by atoms with E-state index in [0.717, 1.165) is 5.56 Å². The van der Waals surface area contributed by atoms with Crippen molar-refractivity contribution in [2.24, 2.45) is 0 Å². The summed E-state index contributed by atoms with van der Waals surface area (Å²) in [7, 11) is 1.35. The van der Waals surface area contributed by atoms with Gasteiger partial charge in [0.2, 0.25) is 5.75 Å². The Morgan fingerprint density at radius 3 is 2.67 bits per heavy atom. The van der Waals surface area contributed by atoms with E-state index in [2.05, 4.69) is 4.98 Å². The zero-order valence-corrected chi connectivity index (χ0v) is 10.3. The topological polar surface area (TPSA) is 44.1 Å². The molecule has 94 valence electrons. The van der Waals surface area contributed by atoms with E-state index in [1.807, 2.05) is 0 Å². The average molecular weight is 269 g/mol. The minimum Gasteiger partial charge on any atom is -0.489 e. The van der Waals surface area contributed by atoms with Gasteiger partial charge >= 0.3 is 0 Å². The van der Waals surface area contributed by atoms with E-state index in [0.29, 0.717) is 0 Å². The third kappa shape index (κ3) is 2.51. The molecular weight excluding hydrogens is 259 g/mol. The van der Waals surface area contributed by atoms with Gasteiger partial charge in [0.25, 0.3) is 5.56 Å². The van der Waals surface area contributed by atoms with E-state index >= 15 is 0 Å². The van der Waals surface area contributed by atoms with Crippen molar-refractivity contribution in [2.75, 3.05) is 7.11 Å². The minimum absolute atomic E-state index is 0.00118. The monoisotopic (exact) mass is 268 g/mol. The molecule has 0 fully saturated rings. The van der Waals surface area contributed by atoms with Crippen molar-refractivity contribution in [3.05, 3.63) is 57.5 Å². The summed E-state index contributed by atoms with van der Waals surface area (Å²) in [6, 6.07) is 5.87. The van der Waals surface area contributed by atoms with Crippen LogP contribution in [-0.2, 0) is 6.54 Å². The number of halogens is 2. The quantitative estimate of drug-likeness (QED) is 0.801. The summed E-state index contributed by atoms with van der Waals surface area (Å²) in [5.74, 6) is -0.320. The van der Waals surface area contributed by atoms with Gasteiger partial charge in [-0.2, -0.15) is 0 Å².